The first-order valence-electron chi connectivity index (χ1n) is 10.6. The van der Waals surface area contributed by atoms with Gasteiger partial charge in [-0.1, -0.05) is 0 Å². The molecule has 1 aliphatic carbocycles. The number of nitrogens with zero attached hydrogens (tertiary/aromatic N) is 3. The highest BCUT2D eigenvalue weighted by molar-refractivity contribution is 7.92. The summed E-state index contributed by atoms with van der Waals surface area (Å²) in [7, 11) is -3.82. The number of anilines is 3. The quantitative estimate of drug-likeness (QED) is 0.325. The molecule has 0 saturated heterocycles. The highest BCUT2D eigenvalue weighted by Gasteiger charge is 2.20. The molecule has 0 atom stereocenters. The molecule has 0 aliphatic heterocycles. The molecule has 0 fully saturated rings. The van der Waals surface area contributed by atoms with Crippen molar-refractivity contribution in [2.45, 2.75) is 44.4 Å². The summed E-state index contributed by atoms with van der Waals surface area (Å²) in [6.45, 7) is 3.58. The van der Waals surface area contributed by atoms with Crippen molar-refractivity contribution in [1.82, 2.24) is 19.9 Å². The zero-order valence-corrected chi connectivity index (χ0v) is 20.5. The fourth-order valence-electron chi connectivity index (χ4n) is 4.08. The number of aryl methyl sites for hydroxylation is 4. The van der Waals surface area contributed by atoms with Gasteiger partial charge in [0.25, 0.3) is 10.0 Å². The summed E-state index contributed by atoms with van der Waals surface area (Å²) < 4.78 is 28.5. The molecule has 0 unspecified atom stereocenters. The summed E-state index contributed by atoms with van der Waals surface area (Å²) in [6, 6.07) is 8.31. The lowest BCUT2D eigenvalue weighted by Gasteiger charge is -2.13. The molecular weight excluding hydrogens is 476 g/mol. The van der Waals surface area contributed by atoms with Crippen molar-refractivity contribution in [2.75, 3.05) is 10.0 Å². The molecule has 1 aliphatic rings. The molecule has 5 rings (SSSR count). The average molecular weight is 499 g/mol. The molecule has 33 heavy (non-hydrogen) atoms. The lowest BCUT2D eigenvalue weighted by molar-refractivity contribution is 0.601. The Balaban J connectivity index is 1.43. The van der Waals surface area contributed by atoms with Crippen molar-refractivity contribution >= 4 is 61.2 Å². The van der Waals surface area contributed by atoms with Crippen LogP contribution in [0.5, 0.6) is 0 Å². The van der Waals surface area contributed by atoms with Gasteiger partial charge in [-0.3, -0.25) is 0 Å². The highest BCUT2D eigenvalue weighted by Crippen LogP contribution is 2.39. The van der Waals surface area contributed by atoms with Crippen LogP contribution in [-0.2, 0) is 22.9 Å². The third-order valence-electron chi connectivity index (χ3n) is 5.48. The number of thiophene rings is 1. The van der Waals surface area contributed by atoms with E-state index in [0.29, 0.717) is 16.2 Å². The zero-order chi connectivity index (χ0) is 23.2. The number of rotatable bonds is 5. The first-order chi connectivity index (χ1) is 15.8. The molecule has 3 N–H and O–H groups in total. The van der Waals surface area contributed by atoms with Crippen LogP contribution in [0.15, 0.2) is 35.2 Å². The molecule has 0 spiro atoms. The summed E-state index contributed by atoms with van der Waals surface area (Å²) >= 11 is 7.04. The minimum Gasteiger partial charge on any atom is -0.341 e. The normalized spacial score (nSPS) is 13.6. The molecule has 4 aromatic rings. The molecule has 170 valence electrons. The molecule has 0 saturated carbocycles. The Morgan fingerprint density at radius 2 is 1.73 bits per heavy atom. The third-order valence-corrected chi connectivity index (χ3v) is 8.20. The summed E-state index contributed by atoms with van der Waals surface area (Å²) in [5, 5.41) is 4.45. The van der Waals surface area contributed by atoms with E-state index in [1.54, 1.807) is 55.5 Å². The van der Waals surface area contributed by atoms with Crippen LogP contribution in [0.4, 0.5) is 17.5 Å². The molecule has 3 aromatic heterocycles. The number of benzene rings is 1. The zero-order valence-electron chi connectivity index (χ0n) is 18.1. The maximum absolute atomic E-state index is 12.8. The van der Waals surface area contributed by atoms with Crippen molar-refractivity contribution in [2.24, 2.45) is 0 Å². The maximum atomic E-state index is 12.8. The topological polar surface area (TPSA) is 113 Å². The summed E-state index contributed by atoms with van der Waals surface area (Å²) in [5.74, 6) is 0.852. The van der Waals surface area contributed by atoms with Crippen LogP contribution in [-0.4, -0.2) is 28.4 Å². The SMILES string of the molecule is Cc1cc(C)nc(NS(=O)(=O)c2ccc(Nc3[nH]c(=S)nc4sc5c(c34)CCCC5)cc2)n1. The largest absolute Gasteiger partial charge is 0.341 e. The lowest BCUT2D eigenvalue weighted by atomic mass is 9.97. The Hall–Kier alpha value is -2.89. The fourth-order valence-corrected chi connectivity index (χ4v) is 6.55. The highest BCUT2D eigenvalue weighted by atomic mass is 32.2. The fraction of sp³-hybridized carbons (Fsp3) is 0.273. The Kier molecular flexibility index (Phi) is 5.63. The Bertz CT molecular complexity index is 1500. The van der Waals surface area contributed by atoms with Gasteiger partial charge < -0.3 is 10.3 Å². The van der Waals surface area contributed by atoms with E-state index < -0.39 is 10.0 Å². The van der Waals surface area contributed by atoms with E-state index in [1.165, 1.54) is 16.9 Å². The predicted molar refractivity (Wildman–Crippen MR) is 133 cm³/mol. The van der Waals surface area contributed by atoms with E-state index in [4.69, 9.17) is 12.2 Å². The molecule has 11 heteroatoms. The standard InChI is InChI=1S/C22H22N6O2S3/c1-12-11-13(2)24-21(23-12)28-33(29,30)15-9-7-14(8-10-15)25-19-18-16-5-3-4-6-17(16)32-20(18)27-22(31)26-19/h7-11H,3-6H2,1-2H3,(H,23,24,28)(H2,25,26,27,31). The molecule has 0 amide bonds. The van der Waals surface area contributed by atoms with Gasteiger partial charge in [-0.25, -0.2) is 28.1 Å². The van der Waals surface area contributed by atoms with Crippen molar-refractivity contribution in [1.29, 1.82) is 0 Å². The van der Waals surface area contributed by atoms with E-state index in [1.807, 2.05) is 0 Å². The van der Waals surface area contributed by atoms with E-state index in [2.05, 4.69) is 30.0 Å². The number of sulfonamides is 1. The van der Waals surface area contributed by atoms with Gasteiger partial charge in [-0.05, 0) is 87.6 Å². The number of hydrogen-bond acceptors (Lipinski definition) is 8. The van der Waals surface area contributed by atoms with E-state index >= 15 is 0 Å². The van der Waals surface area contributed by atoms with Crippen molar-refractivity contribution in [3.63, 3.8) is 0 Å². The smallest absolute Gasteiger partial charge is 0.264 e. The molecule has 8 nitrogen and oxygen atoms in total. The van der Waals surface area contributed by atoms with Crippen molar-refractivity contribution in [3.8, 4) is 0 Å². The van der Waals surface area contributed by atoms with E-state index in [9.17, 15) is 8.42 Å². The summed E-state index contributed by atoms with van der Waals surface area (Å²) in [6.07, 6.45) is 4.47. The average Bonchev–Trinajstić information content (AvgIpc) is 3.11. The van der Waals surface area contributed by atoms with Gasteiger partial charge in [0.15, 0.2) is 4.77 Å². The van der Waals surface area contributed by atoms with Gasteiger partial charge in [-0.2, -0.15) is 0 Å². The van der Waals surface area contributed by atoms with Crippen LogP contribution >= 0.6 is 23.6 Å². The van der Waals surface area contributed by atoms with Gasteiger partial charge in [0, 0.05) is 22.0 Å². The first kappa shape index (κ1) is 21.9. The predicted octanol–water partition coefficient (Wildman–Crippen LogP) is 5.18. The second-order valence-electron chi connectivity index (χ2n) is 8.04. The minimum atomic E-state index is -3.82. The minimum absolute atomic E-state index is 0.0590. The van der Waals surface area contributed by atoms with Gasteiger partial charge in [0.1, 0.15) is 10.6 Å². The Morgan fingerprint density at radius 1 is 1.03 bits per heavy atom. The van der Waals surface area contributed by atoms with Crippen LogP contribution in [0.1, 0.15) is 34.7 Å². The van der Waals surface area contributed by atoms with Crippen LogP contribution in [0.25, 0.3) is 10.2 Å². The van der Waals surface area contributed by atoms with Gasteiger partial charge in [0.2, 0.25) is 5.95 Å². The van der Waals surface area contributed by atoms with Crippen LogP contribution in [0, 0.1) is 18.6 Å². The first-order valence-corrected chi connectivity index (χ1v) is 13.3. The number of nitrogens with one attached hydrogen (secondary N) is 3. The molecular formula is C22H22N6O2S3. The number of H-pyrrole nitrogens is 1. The van der Waals surface area contributed by atoms with Crippen LogP contribution in [0.3, 0.4) is 0 Å². The summed E-state index contributed by atoms with van der Waals surface area (Å²) in [4.78, 5) is 18.4. The van der Waals surface area contributed by atoms with Gasteiger partial charge in [0.05, 0.1) is 10.3 Å². The van der Waals surface area contributed by atoms with Crippen molar-refractivity contribution in [3.05, 3.63) is 56.9 Å². The third kappa shape index (κ3) is 4.48. The van der Waals surface area contributed by atoms with Crippen LogP contribution < -0.4 is 10.0 Å². The van der Waals surface area contributed by atoms with Gasteiger partial charge >= 0.3 is 0 Å². The Labute approximate surface area is 200 Å². The number of aromatic amines is 1. The maximum Gasteiger partial charge on any atom is 0.264 e. The Morgan fingerprint density at radius 3 is 2.45 bits per heavy atom. The molecule has 1 aromatic carbocycles. The summed E-state index contributed by atoms with van der Waals surface area (Å²) in [5.41, 5.74) is 3.46. The van der Waals surface area contributed by atoms with Crippen molar-refractivity contribution < 1.29 is 8.42 Å². The number of fused-ring (bicyclic) bond motifs is 3. The van der Waals surface area contributed by atoms with E-state index in [-0.39, 0.29) is 10.8 Å². The van der Waals surface area contributed by atoms with Gasteiger partial charge in [-0.15, -0.1) is 11.3 Å². The monoisotopic (exact) mass is 498 g/mol. The second kappa shape index (κ2) is 8.47. The molecule has 3 heterocycles. The lowest BCUT2D eigenvalue weighted by Crippen LogP contribution is -2.15. The van der Waals surface area contributed by atoms with Crippen LogP contribution in [0.2, 0.25) is 0 Å². The molecule has 0 radical (unpaired) electrons. The molecule has 0 bridgehead atoms. The number of hydrogen-bond donors (Lipinski definition) is 3. The number of aromatic nitrogens is 4. The second-order valence-corrected chi connectivity index (χ2v) is 11.2. The van der Waals surface area contributed by atoms with E-state index in [0.717, 1.165) is 41.0 Å².